The van der Waals surface area contributed by atoms with Gasteiger partial charge >= 0.3 is 5.97 Å². The molecule has 1 heterocycles. The summed E-state index contributed by atoms with van der Waals surface area (Å²) < 4.78 is 0. The highest BCUT2D eigenvalue weighted by atomic mass is 16.4. The molecule has 5 heteroatoms. The smallest absolute Gasteiger partial charge is 0.303 e. The second-order valence-corrected chi connectivity index (χ2v) is 4.89. The standard InChI is InChI=1S/C13H21N3O2/c1-8(2)13-15-10(4)7-11(16-13)14-9(3)5-6-12(17)18/h7-9H,5-6H2,1-4H3,(H,17,18)(H,14,15,16). The van der Waals surface area contributed by atoms with E-state index in [1.165, 1.54) is 0 Å². The van der Waals surface area contributed by atoms with Crippen molar-refractivity contribution in [2.24, 2.45) is 0 Å². The van der Waals surface area contributed by atoms with Gasteiger partial charge in [-0.2, -0.15) is 0 Å². The van der Waals surface area contributed by atoms with Crippen molar-refractivity contribution in [3.8, 4) is 0 Å². The maximum Gasteiger partial charge on any atom is 0.303 e. The molecule has 0 aliphatic carbocycles. The number of hydrogen-bond acceptors (Lipinski definition) is 4. The lowest BCUT2D eigenvalue weighted by atomic mass is 10.2. The molecule has 1 aromatic rings. The molecule has 2 N–H and O–H groups in total. The highest BCUT2D eigenvalue weighted by Crippen LogP contribution is 2.15. The van der Waals surface area contributed by atoms with Crippen LogP contribution in [0.2, 0.25) is 0 Å². The van der Waals surface area contributed by atoms with E-state index in [1.807, 2.05) is 33.8 Å². The van der Waals surface area contributed by atoms with Gasteiger partial charge < -0.3 is 10.4 Å². The number of rotatable bonds is 6. The molecule has 0 bridgehead atoms. The van der Waals surface area contributed by atoms with Gasteiger partial charge in [-0.05, 0) is 20.3 Å². The van der Waals surface area contributed by atoms with Crippen LogP contribution in [0.5, 0.6) is 0 Å². The van der Waals surface area contributed by atoms with Crippen LogP contribution in [0.3, 0.4) is 0 Å². The number of nitrogens with zero attached hydrogens (tertiary/aromatic N) is 2. The van der Waals surface area contributed by atoms with Crippen LogP contribution in [-0.2, 0) is 4.79 Å². The third kappa shape index (κ3) is 4.69. The van der Waals surface area contributed by atoms with Crippen LogP contribution in [0.25, 0.3) is 0 Å². The Morgan fingerprint density at radius 3 is 2.61 bits per heavy atom. The molecule has 0 radical (unpaired) electrons. The van der Waals surface area contributed by atoms with E-state index in [1.54, 1.807) is 0 Å². The summed E-state index contributed by atoms with van der Waals surface area (Å²) in [5.41, 5.74) is 0.918. The van der Waals surface area contributed by atoms with Crippen molar-refractivity contribution in [1.29, 1.82) is 0 Å². The number of aromatic nitrogens is 2. The Morgan fingerprint density at radius 2 is 2.06 bits per heavy atom. The average Bonchev–Trinajstić information content (AvgIpc) is 2.25. The summed E-state index contributed by atoms with van der Waals surface area (Å²) in [7, 11) is 0. The molecule has 100 valence electrons. The molecule has 1 aromatic heterocycles. The zero-order valence-corrected chi connectivity index (χ0v) is 11.4. The maximum absolute atomic E-state index is 10.5. The number of anilines is 1. The summed E-state index contributed by atoms with van der Waals surface area (Å²) in [6, 6.07) is 1.96. The highest BCUT2D eigenvalue weighted by molar-refractivity contribution is 5.66. The minimum absolute atomic E-state index is 0.0791. The van der Waals surface area contributed by atoms with Crippen LogP contribution in [0.1, 0.15) is 51.0 Å². The van der Waals surface area contributed by atoms with Crippen LogP contribution in [-0.4, -0.2) is 27.1 Å². The van der Waals surface area contributed by atoms with Crippen molar-refractivity contribution in [3.63, 3.8) is 0 Å². The molecule has 18 heavy (non-hydrogen) atoms. The van der Waals surface area contributed by atoms with Gasteiger partial charge in [-0.25, -0.2) is 9.97 Å². The molecule has 5 nitrogen and oxygen atoms in total. The molecular weight excluding hydrogens is 230 g/mol. The predicted octanol–water partition coefficient (Wildman–Crippen LogP) is 2.57. The molecular formula is C13H21N3O2. The van der Waals surface area contributed by atoms with E-state index >= 15 is 0 Å². The molecule has 1 rings (SSSR count). The number of carboxylic acid groups (broad SMARTS) is 1. The quantitative estimate of drug-likeness (QED) is 0.812. The molecule has 0 saturated carbocycles. The number of aliphatic carboxylic acids is 1. The summed E-state index contributed by atoms with van der Waals surface area (Å²) in [5.74, 6) is 1.08. The van der Waals surface area contributed by atoms with E-state index in [4.69, 9.17) is 5.11 Å². The van der Waals surface area contributed by atoms with E-state index in [9.17, 15) is 4.79 Å². The Bertz CT molecular complexity index is 419. The lowest BCUT2D eigenvalue weighted by Gasteiger charge is -2.15. The third-order valence-electron chi connectivity index (χ3n) is 2.57. The van der Waals surface area contributed by atoms with Gasteiger partial charge in [-0.1, -0.05) is 13.8 Å². The van der Waals surface area contributed by atoms with Gasteiger partial charge in [0.2, 0.25) is 0 Å². The molecule has 0 aliphatic heterocycles. The second kappa shape index (κ2) is 6.33. The van der Waals surface area contributed by atoms with Crippen molar-refractivity contribution in [1.82, 2.24) is 9.97 Å². The average molecular weight is 251 g/mol. The summed E-state index contributed by atoms with van der Waals surface area (Å²) in [6.07, 6.45) is 0.741. The summed E-state index contributed by atoms with van der Waals surface area (Å²) in [6.45, 7) is 7.98. The van der Waals surface area contributed by atoms with Crippen molar-refractivity contribution in [2.45, 2.75) is 52.5 Å². The first-order valence-corrected chi connectivity index (χ1v) is 6.22. The number of carbonyl (C=O) groups is 1. The van der Waals surface area contributed by atoms with Crippen molar-refractivity contribution in [3.05, 3.63) is 17.6 Å². The van der Waals surface area contributed by atoms with E-state index < -0.39 is 5.97 Å². The molecule has 1 atom stereocenters. The van der Waals surface area contributed by atoms with Crippen LogP contribution >= 0.6 is 0 Å². The van der Waals surface area contributed by atoms with Crippen molar-refractivity contribution < 1.29 is 9.90 Å². The van der Waals surface area contributed by atoms with Crippen LogP contribution in [0.15, 0.2) is 6.07 Å². The first kappa shape index (κ1) is 14.4. The van der Waals surface area contributed by atoms with E-state index in [2.05, 4.69) is 15.3 Å². The second-order valence-electron chi connectivity index (χ2n) is 4.89. The fourth-order valence-electron chi connectivity index (χ4n) is 1.59. The fourth-order valence-corrected chi connectivity index (χ4v) is 1.59. The highest BCUT2D eigenvalue weighted by Gasteiger charge is 2.09. The SMILES string of the molecule is Cc1cc(NC(C)CCC(=O)O)nc(C(C)C)n1. The number of aryl methyl sites for hydroxylation is 1. The van der Waals surface area contributed by atoms with Crippen molar-refractivity contribution in [2.75, 3.05) is 5.32 Å². The van der Waals surface area contributed by atoms with Gasteiger partial charge in [0.25, 0.3) is 0 Å². The molecule has 0 aromatic carbocycles. The Labute approximate surface area is 108 Å². The molecule has 0 amide bonds. The van der Waals surface area contributed by atoms with Gasteiger partial charge in [0.15, 0.2) is 0 Å². The molecule has 0 saturated heterocycles. The third-order valence-corrected chi connectivity index (χ3v) is 2.57. The van der Waals surface area contributed by atoms with Crippen LogP contribution in [0, 0.1) is 6.92 Å². The number of carboxylic acids is 1. The Hall–Kier alpha value is -1.65. The number of nitrogens with one attached hydrogen (secondary N) is 1. The predicted molar refractivity (Wildman–Crippen MR) is 70.8 cm³/mol. The first-order valence-electron chi connectivity index (χ1n) is 6.22. The number of hydrogen-bond donors (Lipinski definition) is 2. The minimum Gasteiger partial charge on any atom is -0.481 e. The first-order chi connectivity index (χ1) is 8.38. The zero-order valence-electron chi connectivity index (χ0n) is 11.4. The molecule has 1 unspecified atom stereocenters. The molecule has 0 fully saturated rings. The molecule has 0 spiro atoms. The lowest BCUT2D eigenvalue weighted by molar-refractivity contribution is -0.137. The van der Waals surface area contributed by atoms with Gasteiger partial charge in [-0.3, -0.25) is 4.79 Å². The van der Waals surface area contributed by atoms with Gasteiger partial charge in [0.05, 0.1) is 0 Å². The van der Waals surface area contributed by atoms with E-state index in [0.717, 1.165) is 17.3 Å². The monoisotopic (exact) mass is 251 g/mol. The van der Waals surface area contributed by atoms with Crippen LogP contribution in [0.4, 0.5) is 5.82 Å². The summed E-state index contributed by atoms with van der Waals surface area (Å²) in [5, 5.41) is 11.9. The van der Waals surface area contributed by atoms with Gasteiger partial charge in [-0.15, -0.1) is 0 Å². The van der Waals surface area contributed by atoms with Gasteiger partial charge in [0, 0.05) is 30.1 Å². The molecule has 0 aliphatic rings. The Balaban J connectivity index is 2.69. The topological polar surface area (TPSA) is 75.1 Å². The normalized spacial score (nSPS) is 12.5. The largest absolute Gasteiger partial charge is 0.481 e. The Kier molecular flexibility index (Phi) is 5.07. The Morgan fingerprint density at radius 1 is 1.39 bits per heavy atom. The minimum atomic E-state index is -0.773. The fraction of sp³-hybridized carbons (Fsp3) is 0.615. The summed E-state index contributed by atoms with van der Waals surface area (Å²) in [4.78, 5) is 19.3. The van der Waals surface area contributed by atoms with E-state index in [0.29, 0.717) is 6.42 Å². The maximum atomic E-state index is 10.5. The zero-order chi connectivity index (χ0) is 13.7. The van der Waals surface area contributed by atoms with Gasteiger partial charge in [0.1, 0.15) is 11.6 Å². The van der Waals surface area contributed by atoms with Crippen LogP contribution < -0.4 is 5.32 Å². The van der Waals surface area contributed by atoms with E-state index in [-0.39, 0.29) is 18.4 Å². The lowest BCUT2D eigenvalue weighted by Crippen LogP contribution is -2.18. The van der Waals surface area contributed by atoms with Crippen molar-refractivity contribution >= 4 is 11.8 Å². The summed E-state index contributed by atoms with van der Waals surface area (Å²) >= 11 is 0.